The van der Waals surface area contributed by atoms with Crippen LogP contribution in [0.2, 0.25) is 0 Å². The van der Waals surface area contributed by atoms with Crippen molar-refractivity contribution < 1.29 is 9.53 Å². The Morgan fingerprint density at radius 1 is 1.35 bits per heavy atom. The number of rotatable bonds is 4. The fourth-order valence-corrected chi connectivity index (χ4v) is 1.53. The lowest BCUT2D eigenvalue weighted by Crippen LogP contribution is -2.40. The Bertz CT molecular complexity index is 427. The van der Waals surface area contributed by atoms with Gasteiger partial charge in [0.25, 0.3) is 0 Å². The lowest BCUT2D eigenvalue weighted by atomic mass is 10.2. The molecule has 0 atom stereocenters. The fourth-order valence-electron chi connectivity index (χ4n) is 1.53. The fraction of sp³-hybridized carbons (Fsp3) is 0.357. The Hall–Kier alpha value is -1.79. The number of hydrogen-bond acceptors (Lipinski definition) is 2. The second-order valence-electron chi connectivity index (χ2n) is 4.31. The smallest absolute Gasteiger partial charge is 0.338 e. The molecule has 90 valence electrons. The van der Waals surface area contributed by atoms with Crippen LogP contribution in [0.1, 0.15) is 17.3 Å². The van der Waals surface area contributed by atoms with E-state index in [2.05, 4.69) is 5.92 Å². The molecule has 0 aliphatic carbocycles. The van der Waals surface area contributed by atoms with Gasteiger partial charge < -0.3 is 4.74 Å². The van der Waals surface area contributed by atoms with Crippen LogP contribution >= 0.6 is 0 Å². The van der Waals surface area contributed by atoms with E-state index in [1.165, 1.54) is 0 Å². The minimum atomic E-state index is -0.290. The van der Waals surface area contributed by atoms with E-state index in [0.717, 1.165) is 5.69 Å². The molecular weight excluding hydrogens is 214 g/mol. The highest BCUT2D eigenvalue weighted by atomic mass is 16.5. The first-order valence-corrected chi connectivity index (χ1v) is 5.55. The third-order valence-electron chi connectivity index (χ3n) is 2.56. The molecule has 0 saturated carbocycles. The normalized spacial score (nSPS) is 10.7. The van der Waals surface area contributed by atoms with Gasteiger partial charge in [-0.3, -0.25) is 4.48 Å². The molecule has 0 aliphatic heterocycles. The van der Waals surface area contributed by atoms with Gasteiger partial charge in [-0.25, -0.2) is 4.79 Å². The topological polar surface area (TPSA) is 26.3 Å². The molecule has 3 heteroatoms. The van der Waals surface area contributed by atoms with Crippen LogP contribution in [0.3, 0.4) is 0 Å². The second kappa shape index (κ2) is 5.51. The maximum atomic E-state index is 11.5. The van der Waals surface area contributed by atoms with Gasteiger partial charge in [0.05, 0.1) is 26.3 Å². The van der Waals surface area contributed by atoms with Crippen molar-refractivity contribution in [1.82, 2.24) is 4.48 Å². The largest absolute Gasteiger partial charge is 0.462 e. The lowest BCUT2D eigenvalue weighted by Gasteiger charge is -2.26. The second-order valence-corrected chi connectivity index (χ2v) is 4.31. The molecule has 0 heterocycles. The summed E-state index contributed by atoms with van der Waals surface area (Å²) in [5.74, 6) is 2.35. The van der Waals surface area contributed by atoms with Gasteiger partial charge in [-0.15, -0.1) is 6.42 Å². The Morgan fingerprint density at radius 3 is 2.41 bits per heavy atom. The molecule has 0 unspecified atom stereocenters. The monoisotopic (exact) mass is 232 g/mol. The summed E-state index contributed by atoms with van der Waals surface area (Å²) in [5.41, 5.74) is 1.63. The quantitative estimate of drug-likeness (QED) is 0.451. The van der Waals surface area contributed by atoms with Gasteiger partial charge in [0.1, 0.15) is 12.2 Å². The molecule has 0 aliphatic rings. The third-order valence-corrected chi connectivity index (χ3v) is 2.56. The summed E-state index contributed by atoms with van der Waals surface area (Å²) in [5, 5.41) is 0. The number of carbonyl (C=O) groups excluding carboxylic acids is 1. The molecular formula is C14H18NO2+. The summed E-state index contributed by atoms with van der Waals surface area (Å²) in [7, 11) is 4.05. The summed E-state index contributed by atoms with van der Waals surface area (Å²) in [6, 6.07) is 7.35. The van der Waals surface area contributed by atoms with Crippen molar-refractivity contribution in [3.05, 3.63) is 29.8 Å². The maximum absolute atomic E-state index is 11.5. The number of nitrogens with zero attached hydrogens (tertiary/aromatic N) is 1. The number of hydrogen-bond donors (Lipinski definition) is 0. The Morgan fingerprint density at radius 2 is 1.94 bits per heavy atom. The van der Waals surface area contributed by atoms with Gasteiger partial charge in [0, 0.05) is 0 Å². The van der Waals surface area contributed by atoms with E-state index in [1.807, 2.05) is 26.2 Å². The standard InChI is InChI=1S/C14H18NO2/c1-5-11-15(3,4)13-9-7-12(8-10-13)14(16)17-6-2/h1,7-10H,6,11H2,2-4H3/q+1. The molecule has 1 rings (SSSR count). The number of terminal acetylenes is 1. The van der Waals surface area contributed by atoms with Crippen LogP contribution in [0.5, 0.6) is 0 Å². The minimum Gasteiger partial charge on any atom is -0.462 e. The van der Waals surface area contributed by atoms with Crippen LogP contribution in [0, 0.1) is 12.3 Å². The molecule has 0 radical (unpaired) electrons. The van der Waals surface area contributed by atoms with E-state index < -0.39 is 0 Å². The van der Waals surface area contributed by atoms with Gasteiger partial charge in [-0.2, -0.15) is 0 Å². The molecule has 0 N–H and O–H groups in total. The number of ether oxygens (including phenoxy) is 1. The van der Waals surface area contributed by atoms with Crippen LogP contribution < -0.4 is 4.48 Å². The summed E-state index contributed by atoms with van der Waals surface area (Å²) in [4.78, 5) is 11.5. The molecule has 0 spiro atoms. The van der Waals surface area contributed by atoms with Gasteiger partial charge in [-0.05, 0) is 37.1 Å². The highest BCUT2D eigenvalue weighted by Crippen LogP contribution is 2.19. The zero-order valence-corrected chi connectivity index (χ0v) is 10.6. The molecule has 0 aromatic heterocycles. The number of benzene rings is 1. The molecule has 0 amide bonds. The first-order valence-electron chi connectivity index (χ1n) is 5.55. The lowest BCUT2D eigenvalue weighted by molar-refractivity contribution is 0.0526. The van der Waals surface area contributed by atoms with Crippen molar-refractivity contribution in [2.24, 2.45) is 0 Å². The van der Waals surface area contributed by atoms with E-state index in [1.54, 1.807) is 19.1 Å². The third kappa shape index (κ3) is 3.33. The zero-order chi connectivity index (χ0) is 12.9. The average Bonchev–Trinajstić information content (AvgIpc) is 2.29. The van der Waals surface area contributed by atoms with E-state index in [0.29, 0.717) is 23.2 Å². The highest BCUT2D eigenvalue weighted by Gasteiger charge is 2.17. The van der Waals surface area contributed by atoms with Crippen LogP contribution in [-0.2, 0) is 4.74 Å². The Balaban J connectivity index is 2.89. The van der Waals surface area contributed by atoms with E-state index in [-0.39, 0.29) is 5.97 Å². The van der Waals surface area contributed by atoms with Gasteiger partial charge >= 0.3 is 5.97 Å². The van der Waals surface area contributed by atoms with Crippen molar-refractivity contribution >= 4 is 11.7 Å². The molecule has 0 fully saturated rings. The molecule has 0 saturated heterocycles. The summed E-state index contributed by atoms with van der Waals surface area (Å²) >= 11 is 0. The van der Waals surface area contributed by atoms with Crippen LogP contribution in [-0.4, -0.2) is 33.2 Å². The molecule has 3 nitrogen and oxygen atoms in total. The van der Waals surface area contributed by atoms with Crippen molar-refractivity contribution in [3.63, 3.8) is 0 Å². The van der Waals surface area contributed by atoms with Gasteiger partial charge in [-0.1, -0.05) is 0 Å². The first kappa shape index (κ1) is 13.3. The first-order chi connectivity index (χ1) is 8.01. The highest BCUT2D eigenvalue weighted by molar-refractivity contribution is 5.89. The summed E-state index contributed by atoms with van der Waals surface area (Å²) < 4.78 is 5.52. The van der Waals surface area contributed by atoms with Crippen molar-refractivity contribution in [2.45, 2.75) is 6.92 Å². The Labute approximate surface area is 103 Å². The van der Waals surface area contributed by atoms with E-state index in [4.69, 9.17) is 11.2 Å². The van der Waals surface area contributed by atoms with Gasteiger partial charge in [0.2, 0.25) is 0 Å². The molecule has 17 heavy (non-hydrogen) atoms. The van der Waals surface area contributed by atoms with E-state index in [9.17, 15) is 4.79 Å². The predicted octanol–water partition coefficient (Wildman–Crippen LogP) is 2.06. The molecule has 0 bridgehead atoms. The number of esters is 1. The predicted molar refractivity (Wildman–Crippen MR) is 69.7 cm³/mol. The van der Waals surface area contributed by atoms with Crippen LogP contribution in [0.4, 0.5) is 5.69 Å². The van der Waals surface area contributed by atoms with Crippen LogP contribution in [0.15, 0.2) is 24.3 Å². The van der Waals surface area contributed by atoms with Crippen LogP contribution in [0.25, 0.3) is 0 Å². The number of carbonyl (C=O) groups is 1. The summed E-state index contributed by atoms with van der Waals surface area (Å²) in [6.45, 7) is 2.79. The van der Waals surface area contributed by atoms with Crippen molar-refractivity contribution in [2.75, 3.05) is 27.2 Å². The summed E-state index contributed by atoms with van der Waals surface area (Å²) in [6.07, 6.45) is 5.33. The molecule has 1 aromatic carbocycles. The SMILES string of the molecule is C#CC[N+](C)(C)c1ccc(C(=O)OCC)cc1. The average molecular weight is 232 g/mol. The minimum absolute atomic E-state index is 0.290. The van der Waals surface area contributed by atoms with E-state index >= 15 is 0 Å². The molecule has 1 aromatic rings. The van der Waals surface area contributed by atoms with Crippen molar-refractivity contribution in [1.29, 1.82) is 0 Å². The van der Waals surface area contributed by atoms with Crippen molar-refractivity contribution in [3.8, 4) is 12.3 Å². The van der Waals surface area contributed by atoms with Gasteiger partial charge in [0.15, 0.2) is 0 Å². The number of quaternary nitrogens is 1. The Kier molecular flexibility index (Phi) is 4.30. The maximum Gasteiger partial charge on any atom is 0.338 e. The zero-order valence-electron chi connectivity index (χ0n) is 10.6.